The third-order valence-corrected chi connectivity index (χ3v) is 8.84. The Bertz CT molecular complexity index is 892. The monoisotopic (exact) mass is 518 g/mol. The lowest BCUT2D eigenvalue weighted by Gasteiger charge is -2.45. The first-order valence-corrected chi connectivity index (χ1v) is 14.5. The van der Waals surface area contributed by atoms with Crippen molar-refractivity contribution in [3.8, 4) is 0 Å². The predicted octanol–water partition coefficient (Wildman–Crippen LogP) is 5.42. The van der Waals surface area contributed by atoms with Gasteiger partial charge in [-0.25, -0.2) is 9.48 Å². The number of likely N-dealkylation sites (N-methyl/N-ethyl adjacent to an activating group) is 1. The summed E-state index contributed by atoms with van der Waals surface area (Å²) in [5, 5.41) is 8.67. The molecule has 1 aromatic heterocycles. The highest BCUT2D eigenvalue weighted by Gasteiger charge is 2.51. The number of hydrogen-bond acceptors (Lipinski definition) is 6. The Morgan fingerprint density at radius 3 is 2.54 bits per heavy atom. The Morgan fingerprint density at radius 1 is 1.16 bits per heavy atom. The van der Waals surface area contributed by atoms with Gasteiger partial charge in [0.25, 0.3) is 0 Å². The van der Waals surface area contributed by atoms with Gasteiger partial charge in [0.05, 0.1) is 11.3 Å². The van der Waals surface area contributed by atoms with E-state index in [0.29, 0.717) is 17.9 Å². The normalized spacial score (nSPS) is 27.9. The molecule has 1 saturated carbocycles. The Hall–Kier alpha value is -1.64. The molecule has 2 saturated heterocycles. The topological polar surface area (TPSA) is 77.9 Å². The van der Waals surface area contributed by atoms with Crippen molar-refractivity contribution in [1.82, 2.24) is 20.0 Å². The molecule has 0 radical (unpaired) electrons. The van der Waals surface area contributed by atoms with Crippen molar-refractivity contribution in [2.45, 2.75) is 116 Å². The number of ether oxygens (including phenoxy) is 3. The molecule has 0 bridgehead atoms. The van der Waals surface area contributed by atoms with Crippen molar-refractivity contribution in [1.29, 1.82) is 0 Å². The summed E-state index contributed by atoms with van der Waals surface area (Å²) in [7, 11) is 1.79. The van der Waals surface area contributed by atoms with Crippen LogP contribution in [-0.2, 0) is 20.6 Å². The zero-order valence-corrected chi connectivity index (χ0v) is 24.1. The Kier molecular flexibility index (Phi) is 8.91. The smallest absolute Gasteiger partial charge is 0.410 e. The van der Waals surface area contributed by atoms with E-state index in [0.717, 1.165) is 45.6 Å². The zero-order chi connectivity index (χ0) is 26.7. The Balaban J connectivity index is 1.35. The number of carbonyl (C=O) groups is 1. The van der Waals surface area contributed by atoms with Gasteiger partial charge < -0.3 is 24.4 Å². The Labute approximate surface area is 223 Å². The molecule has 0 aromatic carbocycles. The van der Waals surface area contributed by atoms with Crippen LogP contribution in [0.1, 0.15) is 109 Å². The summed E-state index contributed by atoms with van der Waals surface area (Å²) < 4.78 is 19.8. The van der Waals surface area contributed by atoms with Crippen LogP contribution in [0, 0.1) is 5.41 Å². The van der Waals surface area contributed by atoms with E-state index in [-0.39, 0.29) is 17.9 Å². The molecule has 4 rings (SSSR count). The standard InChI is InChI=1S/C29H50N4O4/c1-27(2,3)37-26(34)32(6)18-17-30-16-12-23-21-33(24-9-7-8-19-35-24)31-25(23)22-10-13-29(14-11-22)15-20-36-28(29,4)5/h21-22,24,30H,7-20H2,1-6H3. The van der Waals surface area contributed by atoms with Gasteiger partial charge in [-0.05, 0) is 105 Å². The van der Waals surface area contributed by atoms with Crippen molar-refractivity contribution >= 4 is 6.09 Å². The van der Waals surface area contributed by atoms with Crippen molar-refractivity contribution < 1.29 is 19.0 Å². The number of nitrogens with one attached hydrogen (secondary N) is 1. The largest absolute Gasteiger partial charge is 0.444 e. The van der Waals surface area contributed by atoms with Crippen molar-refractivity contribution in [3.05, 3.63) is 17.5 Å². The predicted molar refractivity (Wildman–Crippen MR) is 145 cm³/mol. The van der Waals surface area contributed by atoms with Crippen LogP contribution in [0.5, 0.6) is 0 Å². The molecule has 1 atom stereocenters. The minimum atomic E-state index is -0.476. The maximum absolute atomic E-state index is 12.2. The van der Waals surface area contributed by atoms with E-state index in [1.54, 1.807) is 11.9 Å². The molecule has 8 nitrogen and oxygen atoms in total. The van der Waals surface area contributed by atoms with Gasteiger partial charge in [0.1, 0.15) is 11.8 Å². The van der Waals surface area contributed by atoms with Gasteiger partial charge in [-0.2, -0.15) is 5.10 Å². The van der Waals surface area contributed by atoms with E-state index in [1.165, 1.54) is 49.8 Å². The first-order valence-electron chi connectivity index (χ1n) is 14.5. The summed E-state index contributed by atoms with van der Waals surface area (Å²) >= 11 is 0. The maximum Gasteiger partial charge on any atom is 0.410 e. The number of carbonyl (C=O) groups excluding carboxylic acids is 1. The van der Waals surface area contributed by atoms with Crippen LogP contribution in [0.15, 0.2) is 6.20 Å². The van der Waals surface area contributed by atoms with E-state index < -0.39 is 5.60 Å². The van der Waals surface area contributed by atoms with E-state index in [4.69, 9.17) is 19.3 Å². The third kappa shape index (κ3) is 6.87. The molecule has 1 spiro atoms. The minimum Gasteiger partial charge on any atom is -0.444 e. The number of amides is 1. The van der Waals surface area contributed by atoms with Crippen molar-refractivity contribution in [2.75, 3.05) is 39.9 Å². The summed E-state index contributed by atoms with van der Waals surface area (Å²) in [6.45, 7) is 14.1. The average Bonchev–Trinajstić information content (AvgIpc) is 3.39. The van der Waals surface area contributed by atoms with Crippen molar-refractivity contribution in [2.24, 2.45) is 5.41 Å². The number of nitrogens with zero attached hydrogens (tertiary/aromatic N) is 3. The molecule has 8 heteroatoms. The van der Waals surface area contributed by atoms with Gasteiger partial charge in [0.15, 0.2) is 0 Å². The molecule has 2 aliphatic heterocycles. The average molecular weight is 519 g/mol. The first kappa shape index (κ1) is 28.4. The zero-order valence-electron chi connectivity index (χ0n) is 24.1. The van der Waals surface area contributed by atoms with Crippen molar-refractivity contribution in [3.63, 3.8) is 0 Å². The fraction of sp³-hybridized carbons (Fsp3) is 0.862. The summed E-state index contributed by atoms with van der Waals surface area (Å²) in [6, 6.07) is 0. The van der Waals surface area contributed by atoms with E-state index in [1.807, 2.05) is 20.8 Å². The fourth-order valence-corrected chi connectivity index (χ4v) is 6.34. The summed E-state index contributed by atoms with van der Waals surface area (Å²) in [4.78, 5) is 13.8. The quantitative estimate of drug-likeness (QED) is 0.463. The minimum absolute atomic E-state index is 0.0213. The molecule has 1 unspecified atom stereocenters. The Morgan fingerprint density at radius 2 is 1.92 bits per heavy atom. The SMILES string of the molecule is CN(CCNCCc1cn(C2CCCCO2)nc1C1CCC2(CCOC2(C)C)CC1)C(=O)OC(C)(C)C. The second-order valence-corrected chi connectivity index (χ2v) is 12.9. The highest BCUT2D eigenvalue weighted by molar-refractivity contribution is 5.67. The van der Waals surface area contributed by atoms with Gasteiger partial charge >= 0.3 is 6.09 Å². The number of hydrogen-bond donors (Lipinski definition) is 1. The highest BCUT2D eigenvalue weighted by Crippen LogP contribution is 2.55. The lowest BCUT2D eigenvalue weighted by molar-refractivity contribution is -0.0514. The first-order chi connectivity index (χ1) is 17.5. The molecule has 210 valence electrons. The summed E-state index contributed by atoms with van der Waals surface area (Å²) in [5.41, 5.74) is 2.43. The van der Waals surface area contributed by atoms with Crippen LogP contribution >= 0.6 is 0 Å². The lowest BCUT2D eigenvalue weighted by atomic mass is 9.61. The molecule has 1 amide bonds. The summed E-state index contributed by atoms with van der Waals surface area (Å²) in [6.07, 6.45) is 12.3. The second-order valence-electron chi connectivity index (χ2n) is 12.9. The van der Waals surface area contributed by atoms with Gasteiger partial charge in [-0.3, -0.25) is 0 Å². The van der Waals surface area contributed by atoms with Crippen LogP contribution in [-0.4, -0.2) is 71.9 Å². The molecule has 3 heterocycles. The molecular weight excluding hydrogens is 468 g/mol. The molecule has 1 aromatic rings. The molecule has 3 fully saturated rings. The second kappa shape index (κ2) is 11.6. The van der Waals surface area contributed by atoms with Gasteiger partial charge in [0.2, 0.25) is 0 Å². The lowest BCUT2D eigenvalue weighted by Crippen LogP contribution is -2.42. The molecule has 1 aliphatic carbocycles. The van der Waals surface area contributed by atoms with Gasteiger partial charge in [0, 0.05) is 50.9 Å². The molecule has 1 N–H and O–H groups in total. The van der Waals surface area contributed by atoms with Crippen LogP contribution in [0.3, 0.4) is 0 Å². The molecular formula is C29H50N4O4. The van der Waals surface area contributed by atoms with Crippen LogP contribution < -0.4 is 5.32 Å². The molecule has 37 heavy (non-hydrogen) atoms. The van der Waals surface area contributed by atoms with E-state index in [9.17, 15) is 4.79 Å². The summed E-state index contributed by atoms with van der Waals surface area (Å²) in [5.74, 6) is 0.500. The van der Waals surface area contributed by atoms with Crippen LogP contribution in [0.4, 0.5) is 4.79 Å². The van der Waals surface area contributed by atoms with Crippen LogP contribution in [0.25, 0.3) is 0 Å². The van der Waals surface area contributed by atoms with Gasteiger partial charge in [-0.1, -0.05) is 0 Å². The third-order valence-electron chi connectivity index (χ3n) is 8.84. The van der Waals surface area contributed by atoms with Gasteiger partial charge in [-0.15, -0.1) is 0 Å². The fourth-order valence-electron chi connectivity index (χ4n) is 6.34. The molecule has 3 aliphatic rings. The van der Waals surface area contributed by atoms with Crippen LogP contribution in [0.2, 0.25) is 0 Å². The number of rotatable bonds is 8. The van der Waals surface area contributed by atoms with E-state index in [2.05, 4.69) is 30.0 Å². The maximum atomic E-state index is 12.2. The van der Waals surface area contributed by atoms with E-state index >= 15 is 0 Å². The number of aromatic nitrogens is 2. The highest BCUT2D eigenvalue weighted by atomic mass is 16.6.